The molecule has 1 amide bonds. The second-order valence-electron chi connectivity index (χ2n) is 6.49. The lowest BCUT2D eigenvalue weighted by molar-refractivity contribution is -0.385. The summed E-state index contributed by atoms with van der Waals surface area (Å²) in [5.41, 5.74) is 2.61. The number of aromatic nitrogens is 1. The Hall–Kier alpha value is -3.42. The van der Waals surface area contributed by atoms with Gasteiger partial charge in [0.25, 0.3) is 11.6 Å². The monoisotopic (exact) mass is 441 g/mol. The van der Waals surface area contributed by atoms with E-state index in [1.807, 2.05) is 0 Å². The highest BCUT2D eigenvalue weighted by atomic mass is 35.5. The van der Waals surface area contributed by atoms with E-state index in [0.29, 0.717) is 43.9 Å². The van der Waals surface area contributed by atoms with Crippen LogP contribution in [-0.2, 0) is 0 Å². The van der Waals surface area contributed by atoms with Crippen LogP contribution in [0, 0.1) is 17.0 Å². The number of nitro benzene ring substituents is 1. The van der Waals surface area contributed by atoms with Crippen LogP contribution in [0.2, 0.25) is 10.0 Å². The van der Waals surface area contributed by atoms with Gasteiger partial charge in [0.15, 0.2) is 5.58 Å². The first-order chi connectivity index (χ1) is 14.3. The summed E-state index contributed by atoms with van der Waals surface area (Å²) in [6.45, 7) is 1.54. The zero-order chi connectivity index (χ0) is 21.4. The summed E-state index contributed by atoms with van der Waals surface area (Å²) in [6, 6.07) is 14.4. The number of halogens is 2. The molecule has 7 nitrogen and oxygen atoms in total. The van der Waals surface area contributed by atoms with E-state index in [1.165, 1.54) is 25.1 Å². The van der Waals surface area contributed by atoms with Crippen molar-refractivity contribution < 1.29 is 14.1 Å². The van der Waals surface area contributed by atoms with Gasteiger partial charge in [0.1, 0.15) is 5.52 Å². The van der Waals surface area contributed by atoms with E-state index < -0.39 is 10.8 Å². The summed E-state index contributed by atoms with van der Waals surface area (Å²) < 4.78 is 5.75. The molecule has 0 aliphatic rings. The first-order valence-electron chi connectivity index (χ1n) is 8.75. The van der Waals surface area contributed by atoms with Crippen molar-refractivity contribution in [3.05, 3.63) is 85.9 Å². The van der Waals surface area contributed by atoms with E-state index >= 15 is 0 Å². The first kappa shape index (κ1) is 19.9. The zero-order valence-electron chi connectivity index (χ0n) is 15.5. The van der Waals surface area contributed by atoms with Crippen molar-refractivity contribution in [2.24, 2.45) is 0 Å². The van der Waals surface area contributed by atoms with Gasteiger partial charge in [-0.05, 0) is 49.4 Å². The number of carbonyl (C=O) groups is 1. The summed E-state index contributed by atoms with van der Waals surface area (Å²) in [6.07, 6.45) is 0. The maximum Gasteiger partial charge on any atom is 0.273 e. The SMILES string of the molecule is Cc1c(C(=O)Nc2ccc3oc(-c4ccc(Cl)c(Cl)c4)nc3c2)cccc1[N+](=O)[O-]. The van der Waals surface area contributed by atoms with Crippen molar-refractivity contribution in [1.82, 2.24) is 4.98 Å². The minimum absolute atomic E-state index is 0.110. The Kier molecular flexibility index (Phi) is 5.15. The van der Waals surface area contributed by atoms with Crippen LogP contribution in [0.1, 0.15) is 15.9 Å². The van der Waals surface area contributed by atoms with Crippen molar-refractivity contribution in [1.29, 1.82) is 0 Å². The highest BCUT2D eigenvalue weighted by Crippen LogP contribution is 2.31. The lowest BCUT2D eigenvalue weighted by Gasteiger charge is -2.07. The van der Waals surface area contributed by atoms with Crippen molar-refractivity contribution in [3.8, 4) is 11.5 Å². The van der Waals surface area contributed by atoms with E-state index in [1.54, 1.807) is 36.4 Å². The fourth-order valence-corrected chi connectivity index (χ4v) is 3.32. The molecule has 9 heteroatoms. The van der Waals surface area contributed by atoms with Crippen molar-refractivity contribution >= 4 is 51.6 Å². The van der Waals surface area contributed by atoms with Crippen molar-refractivity contribution in [2.45, 2.75) is 6.92 Å². The molecule has 1 heterocycles. The molecular formula is C21H13Cl2N3O4. The highest BCUT2D eigenvalue weighted by molar-refractivity contribution is 6.42. The fourth-order valence-electron chi connectivity index (χ4n) is 3.02. The number of anilines is 1. The topological polar surface area (TPSA) is 98.3 Å². The largest absolute Gasteiger partial charge is 0.436 e. The van der Waals surface area contributed by atoms with Crippen LogP contribution in [0.25, 0.3) is 22.6 Å². The molecule has 0 saturated carbocycles. The Morgan fingerprint density at radius 3 is 2.63 bits per heavy atom. The third kappa shape index (κ3) is 3.72. The molecule has 0 bridgehead atoms. The number of hydrogen-bond acceptors (Lipinski definition) is 5. The molecule has 1 N–H and O–H groups in total. The maximum atomic E-state index is 12.6. The van der Waals surface area contributed by atoms with Gasteiger partial charge < -0.3 is 9.73 Å². The molecule has 0 atom stereocenters. The molecule has 30 heavy (non-hydrogen) atoms. The molecule has 0 radical (unpaired) electrons. The number of amides is 1. The van der Waals surface area contributed by atoms with Crippen LogP contribution >= 0.6 is 23.2 Å². The lowest BCUT2D eigenvalue weighted by Crippen LogP contribution is -2.14. The van der Waals surface area contributed by atoms with Crippen molar-refractivity contribution in [3.63, 3.8) is 0 Å². The predicted molar refractivity (Wildman–Crippen MR) is 115 cm³/mol. The molecule has 4 aromatic rings. The first-order valence-corrected chi connectivity index (χ1v) is 9.50. The fraction of sp³-hybridized carbons (Fsp3) is 0.0476. The van der Waals surface area contributed by atoms with Gasteiger partial charge in [-0.25, -0.2) is 4.98 Å². The third-order valence-electron chi connectivity index (χ3n) is 4.56. The standard InChI is InChI=1S/C21H13Cl2N3O4/c1-11-14(3-2-4-18(11)26(28)29)20(27)24-13-6-8-19-17(10-13)25-21(30-19)12-5-7-15(22)16(23)9-12/h2-10H,1H3,(H,24,27). The second kappa shape index (κ2) is 7.78. The Labute approximate surface area is 180 Å². The van der Waals surface area contributed by atoms with Gasteiger partial charge in [-0.15, -0.1) is 0 Å². The van der Waals surface area contributed by atoms with E-state index in [-0.39, 0.29) is 11.3 Å². The molecule has 4 rings (SSSR count). The number of nitrogens with zero attached hydrogens (tertiary/aromatic N) is 2. The summed E-state index contributed by atoms with van der Waals surface area (Å²) in [5, 5.41) is 14.7. The number of nitrogens with one attached hydrogen (secondary N) is 1. The van der Waals surface area contributed by atoms with Crippen LogP contribution in [0.3, 0.4) is 0 Å². The van der Waals surface area contributed by atoms with Gasteiger partial charge in [-0.3, -0.25) is 14.9 Å². The summed E-state index contributed by atoms with van der Waals surface area (Å²) in [5.74, 6) is -0.0923. The molecule has 0 fully saturated rings. The number of nitro groups is 1. The quantitative estimate of drug-likeness (QED) is 0.297. The van der Waals surface area contributed by atoms with Crippen LogP contribution in [0.5, 0.6) is 0 Å². The molecule has 0 saturated heterocycles. The van der Waals surface area contributed by atoms with Gasteiger partial charge >= 0.3 is 0 Å². The highest BCUT2D eigenvalue weighted by Gasteiger charge is 2.18. The number of benzene rings is 3. The van der Waals surface area contributed by atoms with E-state index in [0.717, 1.165) is 0 Å². The van der Waals surface area contributed by atoms with Gasteiger partial charge in [-0.1, -0.05) is 29.3 Å². The van der Waals surface area contributed by atoms with Crippen LogP contribution in [0.4, 0.5) is 11.4 Å². The number of fused-ring (bicyclic) bond motifs is 1. The lowest BCUT2D eigenvalue weighted by atomic mass is 10.1. The zero-order valence-corrected chi connectivity index (χ0v) is 17.0. The van der Waals surface area contributed by atoms with Crippen LogP contribution in [-0.4, -0.2) is 15.8 Å². The maximum absolute atomic E-state index is 12.6. The summed E-state index contributed by atoms with van der Waals surface area (Å²) in [4.78, 5) is 27.7. The summed E-state index contributed by atoms with van der Waals surface area (Å²) >= 11 is 12.0. The normalized spacial score (nSPS) is 10.9. The Bertz CT molecular complexity index is 1320. The predicted octanol–water partition coefficient (Wildman–Crippen LogP) is 6.27. The molecular weight excluding hydrogens is 429 g/mol. The minimum Gasteiger partial charge on any atom is -0.436 e. The molecule has 3 aromatic carbocycles. The van der Waals surface area contributed by atoms with Gasteiger partial charge in [0.2, 0.25) is 5.89 Å². The van der Waals surface area contributed by atoms with Crippen LogP contribution in [0.15, 0.2) is 59.0 Å². The van der Waals surface area contributed by atoms with Crippen LogP contribution < -0.4 is 5.32 Å². The van der Waals surface area contributed by atoms with Crippen molar-refractivity contribution in [2.75, 3.05) is 5.32 Å². The molecule has 0 aliphatic carbocycles. The Balaban J connectivity index is 1.63. The molecule has 0 spiro atoms. The number of rotatable bonds is 4. The average Bonchev–Trinajstić information content (AvgIpc) is 3.13. The molecule has 0 unspecified atom stereocenters. The summed E-state index contributed by atoms with van der Waals surface area (Å²) in [7, 11) is 0. The molecule has 0 aliphatic heterocycles. The molecule has 1 aromatic heterocycles. The Morgan fingerprint density at radius 2 is 1.90 bits per heavy atom. The minimum atomic E-state index is -0.516. The van der Waals surface area contributed by atoms with E-state index in [2.05, 4.69) is 10.3 Å². The average molecular weight is 442 g/mol. The third-order valence-corrected chi connectivity index (χ3v) is 5.30. The van der Waals surface area contributed by atoms with Gasteiger partial charge in [-0.2, -0.15) is 0 Å². The van der Waals surface area contributed by atoms with E-state index in [4.69, 9.17) is 27.6 Å². The Morgan fingerprint density at radius 1 is 1.10 bits per heavy atom. The number of oxazole rings is 1. The van der Waals surface area contributed by atoms with Gasteiger partial charge in [0.05, 0.1) is 15.0 Å². The number of hydrogen-bond donors (Lipinski definition) is 1. The number of carbonyl (C=O) groups excluding carboxylic acids is 1. The second-order valence-corrected chi connectivity index (χ2v) is 7.31. The molecule has 150 valence electrons. The van der Waals surface area contributed by atoms with E-state index in [9.17, 15) is 14.9 Å². The van der Waals surface area contributed by atoms with Gasteiger partial charge in [0, 0.05) is 28.4 Å². The smallest absolute Gasteiger partial charge is 0.273 e.